The van der Waals surface area contributed by atoms with E-state index in [0.29, 0.717) is 0 Å². The molecule has 0 aromatic rings. The number of hydrogen-bond acceptors (Lipinski definition) is 5. The van der Waals surface area contributed by atoms with Gasteiger partial charge in [0.2, 0.25) is 0 Å². The molecule has 0 radical (unpaired) electrons. The zero-order valence-corrected chi connectivity index (χ0v) is 5.16. The van der Waals surface area contributed by atoms with Crippen molar-refractivity contribution in [2.75, 3.05) is 13.1 Å². The second kappa shape index (κ2) is 11.9. The van der Waals surface area contributed by atoms with Crippen LogP contribution in [0.2, 0.25) is 0 Å². The zero-order chi connectivity index (χ0) is 7.98. The van der Waals surface area contributed by atoms with Crippen molar-refractivity contribution in [2.24, 2.45) is 5.73 Å². The number of nitrogens with two attached hydrogens (primary N) is 1. The summed E-state index contributed by atoms with van der Waals surface area (Å²) in [4.78, 5) is 23.8. The molecule has 12 heavy (non-hydrogen) atoms. The van der Waals surface area contributed by atoms with Gasteiger partial charge in [0.1, 0.15) is 0 Å². The van der Waals surface area contributed by atoms with Crippen molar-refractivity contribution in [1.29, 1.82) is 0 Å². The van der Waals surface area contributed by atoms with Crippen LogP contribution in [0.1, 0.15) is 0 Å². The summed E-state index contributed by atoms with van der Waals surface area (Å²) in [6.07, 6.45) is 0. The van der Waals surface area contributed by atoms with Gasteiger partial charge in [-0.1, -0.05) is 0 Å². The number of carboxylic acid groups (broad SMARTS) is 1. The van der Waals surface area contributed by atoms with E-state index in [1.807, 2.05) is 0 Å². The molecule has 0 aromatic carbocycles. The van der Waals surface area contributed by atoms with Gasteiger partial charge in [0.05, 0.1) is 0 Å². The molecule has 62 valence electrons. The summed E-state index contributed by atoms with van der Waals surface area (Å²) in [7, 11) is 0. The molecule has 0 rings (SSSR count). The summed E-state index contributed by atoms with van der Waals surface area (Å²) in [6, 6.07) is 0. The van der Waals surface area contributed by atoms with Gasteiger partial charge in [-0.05, 0) is 0 Å². The van der Waals surface area contributed by atoms with Crippen molar-refractivity contribution in [2.45, 2.75) is 0 Å². The summed E-state index contributed by atoms with van der Waals surface area (Å²) in [5, 5.41) is 7.94. The number of rotatable bonds is 3. The molecule has 0 spiro atoms. The van der Waals surface area contributed by atoms with Gasteiger partial charge in [-0.2, -0.15) is 5.48 Å². The fourth-order valence-corrected chi connectivity index (χ4v) is 0.219. The molecule has 0 saturated heterocycles. The molecule has 0 heterocycles. The summed E-state index contributed by atoms with van der Waals surface area (Å²) in [5.41, 5.74) is 7.05. The van der Waals surface area contributed by atoms with E-state index in [1.54, 1.807) is 0 Å². The number of aliphatic carboxylic acids is 1. The standard InChI is InChI=1S/C4H8N2O4.2Na.2H/c5-1-2-6-10-4(9)3(7)8;;;;/h6H,1-2,5H2,(H,7,8);;;;. The van der Waals surface area contributed by atoms with Crippen molar-refractivity contribution in [3.05, 3.63) is 0 Å². The third-order valence-corrected chi connectivity index (χ3v) is 0.586. The molecule has 0 atom stereocenters. The van der Waals surface area contributed by atoms with Gasteiger partial charge in [0, 0.05) is 13.1 Å². The summed E-state index contributed by atoms with van der Waals surface area (Å²) in [5.74, 6) is -2.97. The quantitative estimate of drug-likeness (QED) is 0.190. The number of carboxylic acids is 1. The van der Waals surface area contributed by atoms with Crippen LogP contribution in [0.3, 0.4) is 0 Å². The number of carbonyl (C=O) groups excluding carboxylic acids is 1. The van der Waals surface area contributed by atoms with E-state index in [9.17, 15) is 9.59 Å². The minimum absolute atomic E-state index is 0. The van der Waals surface area contributed by atoms with Crippen LogP contribution in [-0.2, 0) is 14.4 Å². The monoisotopic (exact) mass is 196 g/mol. The fourth-order valence-electron chi connectivity index (χ4n) is 0.219. The Morgan fingerprint density at radius 3 is 2.25 bits per heavy atom. The molecule has 0 bridgehead atoms. The SMILES string of the molecule is NCCNOC(=O)C(=O)O.[NaH].[NaH]. The van der Waals surface area contributed by atoms with Crippen LogP contribution in [0.25, 0.3) is 0 Å². The van der Waals surface area contributed by atoms with Crippen molar-refractivity contribution in [3.63, 3.8) is 0 Å². The Morgan fingerprint density at radius 1 is 1.42 bits per heavy atom. The zero-order valence-electron chi connectivity index (χ0n) is 5.16. The van der Waals surface area contributed by atoms with Crippen molar-refractivity contribution < 1.29 is 19.5 Å². The Morgan fingerprint density at radius 2 is 1.92 bits per heavy atom. The first-order valence-electron chi connectivity index (χ1n) is 2.55. The first kappa shape index (κ1) is 18.6. The first-order valence-corrected chi connectivity index (χ1v) is 2.55. The summed E-state index contributed by atoms with van der Waals surface area (Å²) < 4.78 is 0. The molecule has 0 aliphatic heterocycles. The van der Waals surface area contributed by atoms with E-state index < -0.39 is 11.9 Å². The second-order valence-electron chi connectivity index (χ2n) is 1.38. The number of hydroxylamine groups is 1. The molecule has 0 amide bonds. The van der Waals surface area contributed by atoms with Gasteiger partial charge in [-0.3, -0.25) is 0 Å². The second-order valence-corrected chi connectivity index (χ2v) is 1.38. The van der Waals surface area contributed by atoms with Gasteiger partial charge in [0.15, 0.2) is 0 Å². The Labute approximate surface area is 114 Å². The molecule has 8 heteroatoms. The number of nitrogens with one attached hydrogen (secondary N) is 1. The van der Waals surface area contributed by atoms with Crippen molar-refractivity contribution in [3.8, 4) is 0 Å². The third kappa shape index (κ3) is 10.9. The van der Waals surface area contributed by atoms with Crippen LogP contribution < -0.4 is 11.2 Å². The maximum absolute atomic E-state index is 10.1. The molecular weight excluding hydrogens is 186 g/mol. The van der Waals surface area contributed by atoms with Crippen molar-refractivity contribution in [1.82, 2.24) is 5.48 Å². The predicted molar refractivity (Wildman–Crippen MR) is 45.1 cm³/mol. The molecule has 0 saturated carbocycles. The molecule has 6 nitrogen and oxygen atoms in total. The normalized spacial score (nSPS) is 7.42. The third-order valence-electron chi connectivity index (χ3n) is 0.586. The van der Waals surface area contributed by atoms with E-state index in [4.69, 9.17) is 10.8 Å². The molecule has 0 aromatic heterocycles. The summed E-state index contributed by atoms with van der Waals surface area (Å²) in [6.45, 7) is 0.506. The molecule has 0 aliphatic rings. The van der Waals surface area contributed by atoms with Crippen LogP contribution in [-0.4, -0.2) is 89.2 Å². The van der Waals surface area contributed by atoms with Gasteiger partial charge >= 0.3 is 71.1 Å². The van der Waals surface area contributed by atoms with Crippen LogP contribution in [0, 0.1) is 0 Å². The Hall–Kier alpha value is 0.860. The van der Waals surface area contributed by atoms with E-state index in [2.05, 4.69) is 10.3 Å². The minimum atomic E-state index is -1.63. The van der Waals surface area contributed by atoms with Gasteiger partial charge in [-0.15, -0.1) is 0 Å². The topological polar surface area (TPSA) is 102 Å². The van der Waals surface area contributed by atoms with E-state index in [1.165, 1.54) is 0 Å². The van der Waals surface area contributed by atoms with Crippen LogP contribution in [0.5, 0.6) is 0 Å². The van der Waals surface area contributed by atoms with E-state index in [0.717, 1.165) is 0 Å². The Bertz CT molecular complexity index is 143. The van der Waals surface area contributed by atoms with Crippen LogP contribution in [0.15, 0.2) is 0 Å². The number of carbonyl (C=O) groups is 2. The van der Waals surface area contributed by atoms with Gasteiger partial charge < -0.3 is 15.7 Å². The Balaban J connectivity index is -0.000000405. The average molecular weight is 196 g/mol. The fraction of sp³-hybridized carbons (Fsp3) is 0.500. The Kier molecular flexibility index (Phi) is 18.4. The molecule has 4 N–H and O–H groups in total. The van der Waals surface area contributed by atoms with Gasteiger partial charge in [0.25, 0.3) is 0 Å². The average Bonchev–Trinajstić information content (AvgIpc) is 1.88. The molecular formula is C4H10N2Na2O4. The molecule has 0 unspecified atom stereocenters. The number of hydrogen-bond donors (Lipinski definition) is 3. The van der Waals surface area contributed by atoms with Gasteiger partial charge in [-0.25, -0.2) is 9.59 Å². The van der Waals surface area contributed by atoms with Crippen LogP contribution >= 0.6 is 0 Å². The molecule has 0 fully saturated rings. The van der Waals surface area contributed by atoms with Crippen molar-refractivity contribution >= 4 is 71.1 Å². The molecule has 0 aliphatic carbocycles. The van der Waals surface area contributed by atoms with E-state index >= 15 is 0 Å². The van der Waals surface area contributed by atoms with E-state index in [-0.39, 0.29) is 72.2 Å². The summed E-state index contributed by atoms with van der Waals surface area (Å²) >= 11 is 0. The van der Waals surface area contributed by atoms with Crippen LogP contribution in [0.4, 0.5) is 0 Å². The first-order chi connectivity index (χ1) is 4.68. The maximum atomic E-state index is 10.1. The predicted octanol–water partition coefficient (Wildman–Crippen LogP) is -3.22.